The zero-order valence-corrected chi connectivity index (χ0v) is 21.0. The fraction of sp³-hybridized carbons (Fsp3) is 0.407. The number of aromatic nitrogens is 5. The zero-order valence-electron chi connectivity index (χ0n) is 21.0. The molecular weight excluding hydrogens is 440 g/mol. The maximum absolute atomic E-state index is 13.2. The highest BCUT2D eigenvalue weighted by molar-refractivity contribution is 5.85. The Morgan fingerprint density at radius 2 is 1.89 bits per heavy atom. The number of hydrogen-bond donors (Lipinski definition) is 1. The molecule has 0 aliphatic carbocycles. The van der Waals surface area contributed by atoms with Gasteiger partial charge in [-0.2, -0.15) is 0 Å². The third kappa shape index (κ3) is 5.66. The van der Waals surface area contributed by atoms with Gasteiger partial charge >= 0.3 is 0 Å². The lowest BCUT2D eigenvalue weighted by molar-refractivity contribution is 0.158. The SMILES string of the molecule is CC[C@H](c1nnnn1CCOC)N(CCc1ccccc1)Cc1cc2c(C)ccc(C)c2[nH]c1=O. The summed E-state index contributed by atoms with van der Waals surface area (Å²) in [5, 5.41) is 13.6. The van der Waals surface area contributed by atoms with Gasteiger partial charge in [0.25, 0.3) is 5.56 Å². The Bertz CT molecular complexity index is 1310. The van der Waals surface area contributed by atoms with Gasteiger partial charge in [-0.1, -0.05) is 49.4 Å². The molecule has 0 amide bonds. The molecule has 8 heteroatoms. The molecule has 35 heavy (non-hydrogen) atoms. The quantitative estimate of drug-likeness (QED) is 0.354. The lowest BCUT2D eigenvalue weighted by Crippen LogP contribution is -2.34. The van der Waals surface area contributed by atoms with Gasteiger partial charge < -0.3 is 9.72 Å². The van der Waals surface area contributed by atoms with Crippen molar-refractivity contribution in [3.8, 4) is 0 Å². The predicted molar refractivity (Wildman–Crippen MR) is 137 cm³/mol. The van der Waals surface area contributed by atoms with Crippen molar-refractivity contribution in [2.75, 3.05) is 20.3 Å². The molecule has 0 bridgehead atoms. The van der Waals surface area contributed by atoms with Crippen molar-refractivity contribution >= 4 is 10.9 Å². The summed E-state index contributed by atoms with van der Waals surface area (Å²) in [7, 11) is 1.67. The number of nitrogens with one attached hydrogen (secondary N) is 1. The Morgan fingerprint density at radius 3 is 2.63 bits per heavy atom. The summed E-state index contributed by atoms with van der Waals surface area (Å²) in [5.74, 6) is 0.793. The number of hydrogen-bond acceptors (Lipinski definition) is 6. The van der Waals surface area contributed by atoms with Crippen LogP contribution in [-0.4, -0.2) is 50.4 Å². The van der Waals surface area contributed by atoms with Gasteiger partial charge in [-0.25, -0.2) is 4.68 Å². The molecule has 0 saturated heterocycles. The number of fused-ring (bicyclic) bond motifs is 1. The first-order chi connectivity index (χ1) is 17.0. The highest BCUT2D eigenvalue weighted by atomic mass is 16.5. The average molecular weight is 475 g/mol. The largest absolute Gasteiger partial charge is 0.383 e. The molecule has 0 spiro atoms. The van der Waals surface area contributed by atoms with Crippen molar-refractivity contribution in [2.24, 2.45) is 0 Å². The summed E-state index contributed by atoms with van der Waals surface area (Å²) < 4.78 is 7.06. The molecule has 0 saturated carbocycles. The number of nitrogens with zero attached hydrogens (tertiary/aromatic N) is 5. The molecular formula is C27H34N6O2. The van der Waals surface area contributed by atoms with Crippen molar-refractivity contribution in [2.45, 2.75) is 52.7 Å². The highest BCUT2D eigenvalue weighted by Crippen LogP contribution is 2.26. The van der Waals surface area contributed by atoms with Crippen molar-refractivity contribution in [1.82, 2.24) is 30.1 Å². The number of rotatable bonds is 11. The summed E-state index contributed by atoms with van der Waals surface area (Å²) >= 11 is 0. The van der Waals surface area contributed by atoms with E-state index in [2.05, 4.69) is 69.6 Å². The van der Waals surface area contributed by atoms with Crippen LogP contribution in [0.1, 0.15) is 47.5 Å². The number of ether oxygens (including phenoxy) is 1. The number of tetrazole rings is 1. The molecule has 1 N–H and O–H groups in total. The maximum atomic E-state index is 13.2. The fourth-order valence-corrected chi connectivity index (χ4v) is 4.61. The second-order valence-electron chi connectivity index (χ2n) is 8.99. The van der Waals surface area contributed by atoms with Gasteiger partial charge in [0, 0.05) is 31.1 Å². The first-order valence-electron chi connectivity index (χ1n) is 12.2. The molecule has 4 aromatic rings. The van der Waals surface area contributed by atoms with E-state index >= 15 is 0 Å². The monoisotopic (exact) mass is 474 g/mol. The number of aryl methyl sites for hydroxylation is 2. The smallest absolute Gasteiger partial charge is 0.252 e. The summed E-state index contributed by atoms with van der Waals surface area (Å²) in [5.41, 5.74) is 5.07. The Labute approximate surface area is 205 Å². The predicted octanol–water partition coefficient (Wildman–Crippen LogP) is 3.97. The lowest BCUT2D eigenvalue weighted by Gasteiger charge is -2.30. The second-order valence-corrected chi connectivity index (χ2v) is 8.99. The minimum absolute atomic E-state index is 0.0423. The van der Waals surface area contributed by atoms with E-state index in [4.69, 9.17) is 4.74 Å². The molecule has 2 heterocycles. The Hall–Kier alpha value is -3.36. The number of methoxy groups -OCH3 is 1. The molecule has 184 valence electrons. The van der Waals surface area contributed by atoms with E-state index in [0.717, 1.165) is 52.8 Å². The van der Waals surface area contributed by atoms with Gasteiger partial charge in [-0.15, -0.1) is 5.10 Å². The fourth-order valence-electron chi connectivity index (χ4n) is 4.61. The van der Waals surface area contributed by atoms with E-state index in [1.165, 1.54) is 5.56 Å². The summed E-state index contributed by atoms with van der Waals surface area (Å²) in [6, 6.07) is 16.6. The molecule has 0 radical (unpaired) electrons. The van der Waals surface area contributed by atoms with Crippen molar-refractivity contribution in [1.29, 1.82) is 0 Å². The van der Waals surface area contributed by atoms with Crippen LogP contribution in [-0.2, 0) is 24.2 Å². The Balaban J connectivity index is 1.70. The van der Waals surface area contributed by atoms with Gasteiger partial charge in [0.1, 0.15) is 0 Å². The van der Waals surface area contributed by atoms with Crippen LogP contribution in [0.2, 0.25) is 0 Å². The first kappa shape index (κ1) is 24.8. The zero-order chi connectivity index (χ0) is 24.8. The number of benzene rings is 2. The minimum atomic E-state index is -0.0512. The summed E-state index contributed by atoms with van der Waals surface area (Å²) in [6.07, 6.45) is 1.67. The van der Waals surface area contributed by atoms with E-state index in [1.54, 1.807) is 7.11 Å². The average Bonchev–Trinajstić information content (AvgIpc) is 3.33. The number of aromatic amines is 1. The van der Waals surface area contributed by atoms with Gasteiger partial charge in [0.15, 0.2) is 5.82 Å². The van der Waals surface area contributed by atoms with E-state index in [1.807, 2.05) is 29.8 Å². The Kier molecular flexibility index (Phi) is 8.05. The van der Waals surface area contributed by atoms with Crippen LogP contribution in [0.5, 0.6) is 0 Å². The molecule has 1 atom stereocenters. The molecule has 0 aliphatic heterocycles. The molecule has 0 unspecified atom stereocenters. The first-order valence-corrected chi connectivity index (χ1v) is 12.2. The normalized spacial score (nSPS) is 12.5. The number of pyridine rings is 1. The molecule has 2 aromatic heterocycles. The highest BCUT2D eigenvalue weighted by Gasteiger charge is 2.25. The van der Waals surface area contributed by atoms with E-state index < -0.39 is 0 Å². The van der Waals surface area contributed by atoms with E-state index in [-0.39, 0.29) is 11.6 Å². The minimum Gasteiger partial charge on any atom is -0.383 e. The van der Waals surface area contributed by atoms with Crippen LogP contribution in [0.3, 0.4) is 0 Å². The third-order valence-electron chi connectivity index (χ3n) is 6.62. The molecule has 2 aromatic carbocycles. The summed E-state index contributed by atoms with van der Waals surface area (Å²) in [4.78, 5) is 18.6. The second kappa shape index (κ2) is 11.4. The molecule has 4 rings (SSSR count). The van der Waals surface area contributed by atoms with Crippen LogP contribution in [0.4, 0.5) is 0 Å². The third-order valence-corrected chi connectivity index (χ3v) is 6.62. The number of H-pyrrole nitrogens is 1. The van der Waals surface area contributed by atoms with Crippen molar-refractivity contribution in [3.05, 3.63) is 87.0 Å². The van der Waals surface area contributed by atoms with Crippen LogP contribution < -0.4 is 5.56 Å². The van der Waals surface area contributed by atoms with Gasteiger partial charge in [0.05, 0.1) is 24.7 Å². The van der Waals surface area contributed by atoms with E-state index in [0.29, 0.717) is 19.7 Å². The molecule has 0 aliphatic rings. The van der Waals surface area contributed by atoms with E-state index in [9.17, 15) is 4.79 Å². The maximum Gasteiger partial charge on any atom is 0.252 e. The lowest BCUT2D eigenvalue weighted by atomic mass is 10.0. The topological polar surface area (TPSA) is 88.9 Å². The molecule has 0 fully saturated rings. The Morgan fingerprint density at radius 1 is 1.11 bits per heavy atom. The van der Waals surface area contributed by atoms with Crippen LogP contribution in [0.15, 0.2) is 53.3 Å². The van der Waals surface area contributed by atoms with Crippen LogP contribution >= 0.6 is 0 Å². The summed E-state index contributed by atoms with van der Waals surface area (Å²) in [6.45, 7) is 8.61. The van der Waals surface area contributed by atoms with Gasteiger partial charge in [-0.05, 0) is 59.9 Å². The standard InChI is InChI=1S/C27H34N6O2/c1-5-24(26-29-30-31-33(26)15-16-35-4)32(14-13-21-9-7-6-8-10-21)18-22-17-23-19(2)11-12-20(3)25(23)28-27(22)34/h6-12,17,24H,5,13-16,18H2,1-4H3,(H,28,34)/t24-/m1/s1. The van der Waals surface area contributed by atoms with Crippen LogP contribution in [0, 0.1) is 13.8 Å². The van der Waals surface area contributed by atoms with Gasteiger partial charge in [-0.3, -0.25) is 9.69 Å². The van der Waals surface area contributed by atoms with Gasteiger partial charge in [0.2, 0.25) is 0 Å². The molecule has 8 nitrogen and oxygen atoms in total. The van der Waals surface area contributed by atoms with Crippen molar-refractivity contribution in [3.63, 3.8) is 0 Å². The van der Waals surface area contributed by atoms with Crippen molar-refractivity contribution < 1.29 is 4.74 Å². The van der Waals surface area contributed by atoms with Crippen LogP contribution in [0.25, 0.3) is 10.9 Å².